The van der Waals surface area contributed by atoms with Crippen molar-refractivity contribution in [3.8, 4) is 0 Å². The van der Waals surface area contributed by atoms with Crippen molar-refractivity contribution in [3.63, 3.8) is 0 Å². The second-order valence-corrected chi connectivity index (χ2v) is 6.37. The molecule has 0 aliphatic rings. The highest BCUT2D eigenvalue weighted by Crippen LogP contribution is 2.34. The van der Waals surface area contributed by atoms with Crippen molar-refractivity contribution in [1.29, 1.82) is 0 Å². The molecule has 0 aliphatic heterocycles. The predicted molar refractivity (Wildman–Crippen MR) is 87.6 cm³/mol. The normalized spacial score (nSPS) is 14.5. The first-order chi connectivity index (χ1) is 11.1. The summed E-state index contributed by atoms with van der Waals surface area (Å²) in [5, 5.41) is 14.8. The third-order valence-electron chi connectivity index (χ3n) is 3.49. The van der Waals surface area contributed by atoms with Crippen LogP contribution < -0.4 is 10.6 Å². The van der Waals surface area contributed by atoms with Crippen LogP contribution in [0.15, 0.2) is 24.3 Å². The minimum atomic E-state index is -4.52. The number of carbonyl (C=O) groups excluding carboxylic acids is 1. The van der Waals surface area contributed by atoms with Crippen LogP contribution in [-0.4, -0.2) is 29.7 Å². The second-order valence-electron chi connectivity index (χ2n) is 6.37. The fraction of sp³-hybridized carbons (Fsp3) is 0.588. The number of nitrogens with one attached hydrogen (secondary N) is 2. The van der Waals surface area contributed by atoms with E-state index < -0.39 is 17.6 Å². The Kier molecular flexibility index (Phi) is 7.69. The number of rotatable bonds is 8. The van der Waals surface area contributed by atoms with Gasteiger partial charge in [0.15, 0.2) is 0 Å². The number of aliphatic hydroxyl groups is 1. The van der Waals surface area contributed by atoms with Gasteiger partial charge in [0.05, 0.1) is 17.9 Å². The molecule has 7 heteroatoms. The molecule has 0 aromatic heterocycles. The highest BCUT2D eigenvalue weighted by molar-refractivity contribution is 5.92. The summed E-state index contributed by atoms with van der Waals surface area (Å²) in [5.41, 5.74) is -1.12. The first-order valence-electron chi connectivity index (χ1n) is 7.96. The minimum absolute atomic E-state index is 0.0147. The Balaban J connectivity index is 2.64. The average molecular weight is 346 g/mol. The molecule has 0 aliphatic carbocycles. The maximum atomic E-state index is 12.9. The van der Waals surface area contributed by atoms with E-state index in [1.54, 1.807) is 6.92 Å². The number of hydrogen-bond donors (Lipinski definition) is 3. The van der Waals surface area contributed by atoms with E-state index in [0.717, 1.165) is 12.5 Å². The van der Waals surface area contributed by atoms with Crippen LogP contribution in [0.3, 0.4) is 0 Å². The van der Waals surface area contributed by atoms with Crippen molar-refractivity contribution in [1.82, 2.24) is 5.32 Å². The third kappa shape index (κ3) is 6.88. The van der Waals surface area contributed by atoms with Gasteiger partial charge in [-0.1, -0.05) is 26.0 Å². The lowest BCUT2D eigenvalue weighted by Crippen LogP contribution is -2.41. The van der Waals surface area contributed by atoms with Crippen LogP contribution in [0.4, 0.5) is 18.9 Å². The van der Waals surface area contributed by atoms with Crippen LogP contribution in [-0.2, 0) is 11.0 Å². The zero-order valence-corrected chi connectivity index (χ0v) is 14.2. The van der Waals surface area contributed by atoms with E-state index in [1.807, 2.05) is 13.8 Å². The number of anilines is 1. The molecule has 3 N–H and O–H groups in total. The summed E-state index contributed by atoms with van der Waals surface area (Å²) < 4.78 is 38.7. The number of alkyl halides is 3. The molecule has 0 bridgehead atoms. The van der Waals surface area contributed by atoms with E-state index in [0.29, 0.717) is 5.92 Å². The second kappa shape index (κ2) is 9.03. The molecular weight excluding hydrogens is 321 g/mol. The molecule has 4 nitrogen and oxygen atoms in total. The molecule has 0 fully saturated rings. The van der Waals surface area contributed by atoms with Gasteiger partial charge in [-0.3, -0.25) is 4.79 Å². The summed E-state index contributed by atoms with van der Waals surface area (Å²) in [6.07, 6.45) is -3.76. The van der Waals surface area contributed by atoms with E-state index in [4.69, 9.17) is 0 Å². The highest BCUT2D eigenvalue weighted by atomic mass is 19.4. The number of hydrogen-bond acceptors (Lipinski definition) is 3. The lowest BCUT2D eigenvalue weighted by atomic mass is 10.0. The SMILES string of the molecule is CC(C)CC(CO)NC(C)CC(=O)Nc1ccccc1C(F)(F)F. The van der Waals surface area contributed by atoms with Crippen LogP contribution in [0.1, 0.15) is 39.2 Å². The Labute approximate surface area is 140 Å². The van der Waals surface area contributed by atoms with Gasteiger partial charge in [0.25, 0.3) is 0 Å². The van der Waals surface area contributed by atoms with Crippen LogP contribution in [0.2, 0.25) is 0 Å². The molecule has 1 aromatic carbocycles. The van der Waals surface area contributed by atoms with Gasteiger partial charge in [-0.2, -0.15) is 13.2 Å². The molecule has 0 radical (unpaired) electrons. The molecule has 1 aromatic rings. The summed E-state index contributed by atoms with van der Waals surface area (Å²) in [5.74, 6) is -0.123. The molecule has 136 valence electrons. The van der Waals surface area contributed by atoms with Crippen LogP contribution in [0.25, 0.3) is 0 Å². The third-order valence-corrected chi connectivity index (χ3v) is 3.49. The summed E-state index contributed by atoms with van der Waals surface area (Å²) in [4.78, 5) is 12.0. The van der Waals surface area contributed by atoms with Gasteiger partial charge in [-0.05, 0) is 31.4 Å². The molecule has 0 saturated heterocycles. The van der Waals surface area contributed by atoms with Gasteiger partial charge in [-0.15, -0.1) is 0 Å². The zero-order valence-electron chi connectivity index (χ0n) is 14.2. The van der Waals surface area contributed by atoms with Gasteiger partial charge in [-0.25, -0.2) is 0 Å². The lowest BCUT2D eigenvalue weighted by Gasteiger charge is -2.23. The number of para-hydroxylation sites is 1. The summed E-state index contributed by atoms with van der Waals surface area (Å²) in [6.45, 7) is 5.75. The quantitative estimate of drug-likeness (QED) is 0.676. The van der Waals surface area contributed by atoms with Crippen molar-refractivity contribution in [2.45, 2.75) is 51.9 Å². The number of halogens is 3. The van der Waals surface area contributed by atoms with Crippen molar-refractivity contribution in [2.75, 3.05) is 11.9 Å². The minimum Gasteiger partial charge on any atom is -0.395 e. The van der Waals surface area contributed by atoms with E-state index >= 15 is 0 Å². The maximum Gasteiger partial charge on any atom is 0.418 e. The number of amides is 1. The molecule has 0 saturated carbocycles. The molecule has 1 amide bonds. The van der Waals surface area contributed by atoms with Crippen molar-refractivity contribution >= 4 is 11.6 Å². The first kappa shape index (κ1) is 20.4. The Morgan fingerprint density at radius 1 is 1.21 bits per heavy atom. The summed E-state index contributed by atoms with van der Waals surface area (Å²) in [7, 11) is 0. The molecule has 0 spiro atoms. The van der Waals surface area contributed by atoms with Gasteiger partial charge >= 0.3 is 6.18 Å². The highest BCUT2D eigenvalue weighted by Gasteiger charge is 2.33. The Bertz CT molecular complexity index is 533. The van der Waals surface area contributed by atoms with Gasteiger partial charge in [0.2, 0.25) is 5.91 Å². The van der Waals surface area contributed by atoms with Gasteiger partial charge < -0.3 is 15.7 Å². The number of aliphatic hydroxyl groups excluding tert-OH is 1. The van der Waals surface area contributed by atoms with Gasteiger partial charge in [0, 0.05) is 18.5 Å². The van der Waals surface area contributed by atoms with Crippen LogP contribution in [0.5, 0.6) is 0 Å². The van der Waals surface area contributed by atoms with E-state index in [9.17, 15) is 23.1 Å². The smallest absolute Gasteiger partial charge is 0.395 e. The summed E-state index contributed by atoms with van der Waals surface area (Å²) in [6, 6.07) is 4.47. The van der Waals surface area contributed by atoms with Crippen molar-refractivity contribution in [3.05, 3.63) is 29.8 Å². The fourth-order valence-electron chi connectivity index (χ4n) is 2.54. The molecule has 24 heavy (non-hydrogen) atoms. The summed E-state index contributed by atoms with van der Waals surface area (Å²) >= 11 is 0. The first-order valence-corrected chi connectivity index (χ1v) is 7.96. The van der Waals surface area contributed by atoms with E-state index in [2.05, 4.69) is 10.6 Å². The van der Waals surface area contributed by atoms with E-state index in [-0.39, 0.29) is 30.8 Å². The maximum absolute atomic E-state index is 12.9. The Hall–Kier alpha value is -1.60. The van der Waals surface area contributed by atoms with E-state index in [1.165, 1.54) is 18.2 Å². The van der Waals surface area contributed by atoms with Crippen LogP contribution >= 0.6 is 0 Å². The predicted octanol–water partition coefficient (Wildman–Crippen LogP) is 3.42. The molecular formula is C17H25F3N2O2. The largest absolute Gasteiger partial charge is 0.418 e. The van der Waals surface area contributed by atoms with Crippen LogP contribution in [0, 0.1) is 5.92 Å². The standard InChI is InChI=1S/C17H25F3N2O2/c1-11(2)8-13(10-23)21-12(3)9-16(24)22-15-7-5-4-6-14(15)17(18,19)20/h4-7,11-13,21,23H,8-10H2,1-3H3,(H,22,24). The lowest BCUT2D eigenvalue weighted by molar-refractivity contribution is -0.137. The topological polar surface area (TPSA) is 61.4 Å². The molecule has 2 atom stereocenters. The molecule has 0 heterocycles. The monoisotopic (exact) mass is 346 g/mol. The Morgan fingerprint density at radius 3 is 2.38 bits per heavy atom. The number of benzene rings is 1. The van der Waals surface area contributed by atoms with Crippen molar-refractivity contribution in [2.24, 2.45) is 5.92 Å². The average Bonchev–Trinajstić information content (AvgIpc) is 2.45. The zero-order chi connectivity index (χ0) is 18.3. The fourth-order valence-corrected chi connectivity index (χ4v) is 2.54. The number of carbonyl (C=O) groups is 1. The molecule has 2 unspecified atom stereocenters. The van der Waals surface area contributed by atoms with Crippen molar-refractivity contribution < 1.29 is 23.1 Å². The Morgan fingerprint density at radius 2 is 1.83 bits per heavy atom. The van der Waals surface area contributed by atoms with Gasteiger partial charge in [0.1, 0.15) is 0 Å². The molecule has 1 rings (SSSR count).